The molecule has 0 bridgehead atoms. The Labute approximate surface area is 470 Å². The largest absolute Gasteiger partial charge is 0.295 e. The summed E-state index contributed by atoms with van der Waals surface area (Å²) in [6.07, 6.45) is 12.9. The zero-order chi connectivity index (χ0) is 57.0. The van der Waals surface area contributed by atoms with E-state index in [0.717, 1.165) is 88.8 Å². The standard InChI is InChI=1S/2C23H26N2O2.C23H24N2O/c1-12(2)17-11-21(26)14(4)18(23(17)27)10-20-22-16(7-8-24-20)15-6-5-13(3)9-19(15)25-22;1-12(2)21-17(23(27)14(4)10-20(21)26)11-19-22-16(7-8-24-19)15-6-5-13(3)9-18(15)25-22;1-13(2)19-11-16(15(4)10-22(19)26)12-21-23-18(7-8-24-21)17-6-5-14(3)9-20(17)25-23/h5-6,9,11-12,14,18,22H,7-8,10H2,1-4H3;5-6,9-10,12,17,21-22H,7-8,11H2,1-4H3;5-6,9-13,23H,7-8H2,1-4H3/b;;16-12-. The maximum atomic E-state index is 13.0. The summed E-state index contributed by atoms with van der Waals surface area (Å²) in [5.41, 5.74) is 14.8. The summed E-state index contributed by atoms with van der Waals surface area (Å²) in [6.45, 7) is 26.3. The number of hydrogen-bond acceptors (Lipinski definition) is 11. The van der Waals surface area contributed by atoms with Gasteiger partial charge in [0.05, 0.1) is 21.8 Å². The van der Waals surface area contributed by atoms with E-state index in [2.05, 4.69) is 95.3 Å². The summed E-state index contributed by atoms with van der Waals surface area (Å²) in [5, 5.41) is 6.87. The molecule has 0 aromatic heterocycles. The predicted octanol–water partition coefficient (Wildman–Crippen LogP) is 7.77. The molecule has 0 saturated carbocycles. The average molecular weight is 1070 g/mol. The Balaban J connectivity index is 0.000000135. The minimum Gasteiger partial charge on any atom is -0.295 e. The second-order valence-electron chi connectivity index (χ2n) is 24.4. The molecule has 6 aliphatic heterocycles. The molecular weight excluding hydrogens is 993 g/mol. The summed E-state index contributed by atoms with van der Waals surface area (Å²) < 4.78 is 0. The lowest BCUT2D eigenvalue weighted by atomic mass is 9.70. The van der Waals surface area contributed by atoms with Gasteiger partial charge < -0.3 is 0 Å². The minimum atomic E-state index is -0.321. The van der Waals surface area contributed by atoms with Crippen LogP contribution in [0.5, 0.6) is 0 Å². The number of benzene rings is 3. The number of ketones is 5. The molecule has 11 nitrogen and oxygen atoms in total. The molecule has 11 heteroatoms. The van der Waals surface area contributed by atoms with Crippen LogP contribution in [0.4, 0.5) is 0 Å². The molecule has 7 unspecified atom stereocenters. The predicted molar refractivity (Wildman–Crippen MR) is 318 cm³/mol. The van der Waals surface area contributed by atoms with E-state index in [-0.39, 0.29) is 88.5 Å². The van der Waals surface area contributed by atoms with Gasteiger partial charge in [-0.1, -0.05) is 84.9 Å². The first kappa shape index (κ1) is 56.0. The topological polar surface area (TPSA) is 160 Å². The van der Waals surface area contributed by atoms with E-state index in [0.29, 0.717) is 24.0 Å². The molecule has 3 aliphatic carbocycles. The minimum absolute atomic E-state index is 0.0226. The molecule has 9 aliphatic rings. The molecule has 3 aromatic carbocycles. The number of rotatable bonds is 8. The molecule has 12 rings (SSSR count). The highest BCUT2D eigenvalue weighted by Gasteiger charge is 2.43. The van der Waals surface area contributed by atoms with Crippen LogP contribution in [0.3, 0.4) is 0 Å². The van der Waals surface area contributed by atoms with Crippen LogP contribution in [0.15, 0.2) is 143 Å². The van der Waals surface area contributed by atoms with Gasteiger partial charge in [-0.2, -0.15) is 0 Å². The number of fused-ring (bicyclic) bond motifs is 6. The second kappa shape index (κ2) is 22.7. The lowest BCUT2D eigenvalue weighted by molar-refractivity contribution is -0.131. The highest BCUT2D eigenvalue weighted by Crippen LogP contribution is 2.37. The number of aryl methyl sites for hydroxylation is 3. The van der Waals surface area contributed by atoms with Crippen molar-refractivity contribution in [3.63, 3.8) is 0 Å². The monoisotopic (exact) mass is 1070 g/mol. The van der Waals surface area contributed by atoms with Crippen molar-refractivity contribution in [2.45, 2.75) is 133 Å². The molecule has 412 valence electrons. The van der Waals surface area contributed by atoms with Crippen LogP contribution < -0.4 is 31.7 Å². The normalized spacial score (nSPS) is 25.9. The van der Waals surface area contributed by atoms with Crippen molar-refractivity contribution >= 4 is 62.8 Å². The lowest BCUT2D eigenvalue weighted by Gasteiger charge is -2.33. The smallest absolute Gasteiger partial charge is 0.182 e. The summed E-state index contributed by atoms with van der Waals surface area (Å²) in [5.74, 6) is -0.317. The zero-order valence-corrected chi connectivity index (χ0v) is 48.7. The molecule has 80 heavy (non-hydrogen) atoms. The van der Waals surface area contributed by atoms with Gasteiger partial charge in [-0.05, 0) is 183 Å². The number of allylic oxidation sites excluding steroid dienone is 9. The average Bonchev–Trinajstić information content (AvgIpc) is 4.22. The van der Waals surface area contributed by atoms with E-state index in [4.69, 9.17) is 30.0 Å². The number of carbonyl (C=O) groups is 5. The molecule has 0 radical (unpaired) electrons. The van der Waals surface area contributed by atoms with E-state index in [1.807, 2.05) is 47.6 Å². The van der Waals surface area contributed by atoms with E-state index in [9.17, 15) is 24.0 Å². The molecule has 7 atom stereocenters. The molecule has 0 N–H and O–H groups in total. The van der Waals surface area contributed by atoms with Crippen molar-refractivity contribution in [2.24, 2.45) is 71.4 Å². The Bertz CT molecular complexity index is 3870. The van der Waals surface area contributed by atoms with Crippen LogP contribution >= 0.6 is 0 Å². The molecule has 0 amide bonds. The van der Waals surface area contributed by atoms with Gasteiger partial charge in [0.2, 0.25) is 0 Å². The van der Waals surface area contributed by atoms with E-state index in [1.165, 1.54) is 55.1 Å². The van der Waals surface area contributed by atoms with Crippen molar-refractivity contribution in [1.82, 2.24) is 0 Å². The molecule has 0 fully saturated rings. The maximum absolute atomic E-state index is 13.0. The fourth-order valence-corrected chi connectivity index (χ4v) is 13.1. The molecule has 6 heterocycles. The highest BCUT2D eigenvalue weighted by atomic mass is 16.1. The van der Waals surface area contributed by atoms with Gasteiger partial charge in [0.15, 0.2) is 28.9 Å². The van der Waals surface area contributed by atoms with Gasteiger partial charge in [-0.3, -0.25) is 53.9 Å². The maximum Gasteiger partial charge on any atom is 0.182 e. The SMILES string of the molecule is CC1=CC(=O)C(C(C)C)=C/C1=C/C1=NCCC2=c3ccc(C)cc3=NC12.CC1=CC(=O)C(C(C)C)C(CC2=NCCC3=c4ccc(C)cc4=NC23)C1=O.Cc1ccc2c(c1)=NC1C(CC3C(=O)C(C(C)C)=CC(=O)C3C)=NCCC=21. The van der Waals surface area contributed by atoms with Crippen molar-refractivity contribution in [3.8, 4) is 0 Å². The van der Waals surface area contributed by atoms with Crippen molar-refractivity contribution in [3.05, 3.63) is 161 Å². The van der Waals surface area contributed by atoms with E-state index >= 15 is 0 Å². The van der Waals surface area contributed by atoms with Crippen LogP contribution in [0.1, 0.15) is 111 Å². The number of carbonyl (C=O) groups excluding carboxylic acids is 5. The van der Waals surface area contributed by atoms with Crippen molar-refractivity contribution < 1.29 is 24.0 Å². The van der Waals surface area contributed by atoms with Gasteiger partial charge in [0, 0.05) is 81.5 Å². The second-order valence-corrected chi connectivity index (χ2v) is 24.4. The van der Waals surface area contributed by atoms with Crippen LogP contribution in [0.2, 0.25) is 0 Å². The first-order valence-electron chi connectivity index (χ1n) is 29.0. The Morgan fingerprint density at radius 3 is 1.49 bits per heavy atom. The number of aliphatic imine (C=N–C) groups is 3. The third-order valence-corrected chi connectivity index (χ3v) is 17.6. The van der Waals surface area contributed by atoms with Crippen LogP contribution in [0.25, 0.3) is 16.7 Å². The van der Waals surface area contributed by atoms with Gasteiger partial charge >= 0.3 is 0 Å². The fraction of sp³-hybridized carbons (Fsp3) is 0.435. The van der Waals surface area contributed by atoms with Gasteiger partial charge in [0.25, 0.3) is 0 Å². The number of hydrogen-bond donors (Lipinski definition) is 0. The van der Waals surface area contributed by atoms with Gasteiger partial charge in [0.1, 0.15) is 18.1 Å². The zero-order valence-electron chi connectivity index (χ0n) is 48.7. The Hall–Kier alpha value is -7.27. The number of nitrogens with zero attached hydrogens (tertiary/aromatic N) is 6. The van der Waals surface area contributed by atoms with Crippen molar-refractivity contribution in [2.75, 3.05) is 19.6 Å². The van der Waals surface area contributed by atoms with E-state index < -0.39 is 0 Å². The summed E-state index contributed by atoms with van der Waals surface area (Å²) >= 11 is 0. The fourth-order valence-electron chi connectivity index (χ4n) is 13.1. The van der Waals surface area contributed by atoms with Crippen molar-refractivity contribution in [1.29, 1.82) is 0 Å². The van der Waals surface area contributed by atoms with E-state index in [1.54, 1.807) is 19.1 Å². The van der Waals surface area contributed by atoms with Gasteiger partial charge in [-0.25, -0.2) is 0 Å². The lowest BCUT2D eigenvalue weighted by Crippen LogP contribution is -2.40. The first-order chi connectivity index (χ1) is 38.2. The van der Waals surface area contributed by atoms with Gasteiger partial charge in [-0.15, -0.1) is 0 Å². The number of Topliss-reactive ketones (excluding diaryl/α,β-unsaturated/α-hetero) is 2. The highest BCUT2D eigenvalue weighted by molar-refractivity contribution is 6.14. The quantitative estimate of drug-likeness (QED) is 0.225. The Morgan fingerprint density at radius 1 is 0.512 bits per heavy atom. The molecule has 0 spiro atoms. The Morgan fingerprint density at radius 2 is 0.988 bits per heavy atom. The summed E-state index contributed by atoms with van der Waals surface area (Å²) in [6, 6.07) is 19.2. The van der Waals surface area contributed by atoms with Crippen LogP contribution in [0, 0.1) is 62.2 Å². The first-order valence-corrected chi connectivity index (χ1v) is 29.0. The molecule has 3 aromatic rings. The summed E-state index contributed by atoms with van der Waals surface area (Å²) in [7, 11) is 0. The molecule has 0 saturated heterocycles. The van der Waals surface area contributed by atoms with Crippen LogP contribution in [-0.4, -0.2) is 83.8 Å². The Kier molecular flexibility index (Phi) is 15.9. The summed E-state index contributed by atoms with van der Waals surface area (Å²) in [4.78, 5) is 92.3. The molecular formula is C69H76N6O5. The third-order valence-electron chi connectivity index (χ3n) is 17.6. The third kappa shape index (κ3) is 10.9. The van der Waals surface area contributed by atoms with Crippen LogP contribution in [-0.2, 0) is 24.0 Å².